The van der Waals surface area contributed by atoms with Gasteiger partial charge in [-0.05, 0) is 66.9 Å². The predicted molar refractivity (Wildman–Crippen MR) is 138 cm³/mol. The Labute approximate surface area is 200 Å². The van der Waals surface area contributed by atoms with Crippen LogP contribution in [0.25, 0.3) is 22.0 Å². The zero-order valence-corrected chi connectivity index (χ0v) is 19.4. The molecule has 172 valence electrons. The summed E-state index contributed by atoms with van der Waals surface area (Å²) in [7, 11) is 0. The van der Waals surface area contributed by atoms with Gasteiger partial charge in [0.15, 0.2) is 0 Å². The Morgan fingerprint density at radius 3 is 2.59 bits per heavy atom. The van der Waals surface area contributed by atoms with Gasteiger partial charge in [0.25, 0.3) is 5.91 Å². The number of para-hydroxylation sites is 1. The highest BCUT2D eigenvalue weighted by atomic mass is 16.2. The van der Waals surface area contributed by atoms with Crippen molar-refractivity contribution in [2.45, 2.75) is 38.6 Å². The van der Waals surface area contributed by atoms with E-state index in [0.29, 0.717) is 12.1 Å². The molecule has 0 aliphatic carbocycles. The Bertz CT molecular complexity index is 1270. The van der Waals surface area contributed by atoms with E-state index in [9.17, 15) is 4.79 Å². The maximum Gasteiger partial charge on any atom is 0.258 e. The van der Waals surface area contributed by atoms with Gasteiger partial charge in [0.05, 0.1) is 5.52 Å². The second kappa shape index (κ2) is 10.6. The molecule has 0 saturated carbocycles. The van der Waals surface area contributed by atoms with Crippen molar-refractivity contribution in [2.75, 3.05) is 18.0 Å². The largest absolute Gasteiger partial charge is 0.313 e. The van der Waals surface area contributed by atoms with Crippen molar-refractivity contribution in [3.8, 4) is 11.1 Å². The summed E-state index contributed by atoms with van der Waals surface area (Å²) in [5.74, 6) is 0.0285. The SMILES string of the molecule is O=C(c1ccncc1)N1CCCCCCCNCc2cc(-c3cnc4ccccc4c3)ccc21. The molecule has 0 atom stereocenters. The van der Waals surface area contributed by atoms with Gasteiger partial charge in [-0.25, -0.2) is 0 Å². The highest BCUT2D eigenvalue weighted by Gasteiger charge is 2.21. The van der Waals surface area contributed by atoms with E-state index in [0.717, 1.165) is 59.2 Å². The van der Waals surface area contributed by atoms with Crippen LogP contribution in [0.3, 0.4) is 0 Å². The normalized spacial score (nSPS) is 15.2. The average molecular weight is 451 g/mol. The fraction of sp³-hybridized carbons (Fsp3) is 0.276. The summed E-state index contributed by atoms with van der Waals surface area (Å²) in [6.07, 6.45) is 11.1. The quantitative estimate of drug-likeness (QED) is 0.407. The second-order valence-electron chi connectivity index (χ2n) is 8.90. The summed E-state index contributed by atoms with van der Waals surface area (Å²) in [5.41, 5.74) is 5.97. The fourth-order valence-electron chi connectivity index (χ4n) is 4.65. The van der Waals surface area contributed by atoms with Gasteiger partial charge in [-0.2, -0.15) is 0 Å². The molecule has 5 heteroatoms. The van der Waals surface area contributed by atoms with Crippen molar-refractivity contribution in [3.63, 3.8) is 0 Å². The first-order valence-electron chi connectivity index (χ1n) is 12.2. The minimum atomic E-state index is 0.0285. The Morgan fingerprint density at radius 2 is 1.68 bits per heavy atom. The topological polar surface area (TPSA) is 58.1 Å². The lowest BCUT2D eigenvalue weighted by Gasteiger charge is -2.27. The standard InChI is InChI=1S/C29H30N4O/c34-29(22-12-15-30-16-13-22)33-17-7-3-1-2-6-14-31-20-26-18-23(10-11-28(26)33)25-19-24-8-4-5-9-27(24)32-21-25/h4-5,8-13,15-16,18-19,21,31H,1-3,6-7,14,17,20H2. The number of hydrogen-bond donors (Lipinski definition) is 1. The fourth-order valence-corrected chi connectivity index (χ4v) is 4.65. The number of anilines is 1. The molecule has 0 radical (unpaired) electrons. The second-order valence-corrected chi connectivity index (χ2v) is 8.90. The zero-order chi connectivity index (χ0) is 23.2. The molecule has 3 heterocycles. The van der Waals surface area contributed by atoms with Crippen molar-refractivity contribution in [2.24, 2.45) is 0 Å². The monoisotopic (exact) mass is 450 g/mol. The van der Waals surface area contributed by atoms with Crippen molar-refractivity contribution in [1.82, 2.24) is 15.3 Å². The summed E-state index contributed by atoms with van der Waals surface area (Å²) in [6.45, 7) is 2.43. The van der Waals surface area contributed by atoms with E-state index in [-0.39, 0.29) is 5.91 Å². The maximum atomic E-state index is 13.5. The van der Waals surface area contributed by atoms with E-state index in [1.165, 1.54) is 19.3 Å². The number of carbonyl (C=O) groups is 1. The molecule has 5 nitrogen and oxygen atoms in total. The van der Waals surface area contributed by atoms with Crippen LogP contribution in [0.2, 0.25) is 0 Å². The summed E-state index contributed by atoms with van der Waals surface area (Å²) < 4.78 is 0. The first kappa shape index (κ1) is 22.2. The number of aromatic nitrogens is 2. The molecule has 1 N–H and O–H groups in total. The van der Waals surface area contributed by atoms with Crippen LogP contribution in [0, 0.1) is 0 Å². The minimum absolute atomic E-state index is 0.0285. The number of rotatable bonds is 2. The Balaban J connectivity index is 1.55. The van der Waals surface area contributed by atoms with Crippen LogP contribution in [0.5, 0.6) is 0 Å². The number of hydrogen-bond acceptors (Lipinski definition) is 4. The summed E-state index contributed by atoms with van der Waals surface area (Å²) in [4.78, 5) is 24.2. The summed E-state index contributed by atoms with van der Waals surface area (Å²) in [6, 6.07) is 20.4. The number of fused-ring (bicyclic) bond motifs is 2. The minimum Gasteiger partial charge on any atom is -0.313 e. The lowest BCUT2D eigenvalue weighted by molar-refractivity contribution is 0.0986. The molecule has 0 saturated heterocycles. The van der Waals surface area contributed by atoms with Crippen LogP contribution in [-0.4, -0.2) is 29.0 Å². The van der Waals surface area contributed by atoms with E-state index in [2.05, 4.69) is 45.6 Å². The third-order valence-corrected chi connectivity index (χ3v) is 6.52. The van der Waals surface area contributed by atoms with Crippen molar-refractivity contribution in [1.29, 1.82) is 0 Å². The third-order valence-electron chi connectivity index (χ3n) is 6.52. The molecule has 0 spiro atoms. The molecule has 2 aromatic carbocycles. The molecule has 1 aliphatic rings. The van der Waals surface area contributed by atoms with Gasteiger partial charge in [-0.15, -0.1) is 0 Å². The van der Waals surface area contributed by atoms with E-state index in [1.54, 1.807) is 24.5 Å². The zero-order valence-electron chi connectivity index (χ0n) is 19.4. The van der Waals surface area contributed by atoms with Gasteiger partial charge < -0.3 is 10.2 Å². The van der Waals surface area contributed by atoms with E-state index in [1.807, 2.05) is 29.3 Å². The number of nitrogens with zero attached hydrogens (tertiary/aromatic N) is 3. The van der Waals surface area contributed by atoms with Gasteiger partial charge in [0, 0.05) is 53.9 Å². The van der Waals surface area contributed by atoms with Crippen LogP contribution in [-0.2, 0) is 6.54 Å². The molecule has 2 aromatic heterocycles. The molecular formula is C29H30N4O. The van der Waals surface area contributed by atoms with Crippen LogP contribution in [0.4, 0.5) is 5.69 Å². The molecule has 1 aliphatic heterocycles. The van der Waals surface area contributed by atoms with E-state index < -0.39 is 0 Å². The summed E-state index contributed by atoms with van der Waals surface area (Å²) in [5, 5.41) is 4.73. The highest BCUT2D eigenvalue weighted by Crippen LogP contribution is 2.30. The van der Waals surface area contributed by atoms with Gasteiger partial charge >= 0.3 is 0 Å². The first-order valence-corrected chi connectivity index (χ1v) is 12.2. The predicted octanol–water partition coefficient (Wildman–Crippen LogP) is 6.00. The first-order chi connectivity index (χ1) is 16.8. The van der Waals surface area contributed by atoms with Crippen LogP contribution in [0.15, 0.2) is 79.3 Å². The Morgan fingerprint density at radius 1 is 0.853 bits per heavy atom. The summed E-state index contributed by atoms with van der Waals surface area (Å²) >= 11 is 0. The molecule has 5 rings (SSSR count). The molecule has 1 amide bonds. The van der Waals surface area contributed by atoms with Crippen molar-refractivity contribution in [3.05, 3.63) is 90.4 Å². The maximum absolute atomic E-state index is 13.5. The van der Waals surface area contributed by atoms with Crippen LogP contribution < -0.4 is 10.2 Å². The number of pyridine rings is 2. The molecule has 0 unspecified atom stereocenters. The van der Waals surface area contributed by atoms with Crippen molar-refractivity contribution < 1.29 is 4.79 Å². The van der Waals surface area contributed by atoms with Gasteiger partial charge in [0.2, 0.25) is 0 Å². The lowest BCUT2D eigenvalue weighted by Crippen LogP contribution is -2.33. The number of nitrogens with one attached hydrogen (secondary N) is 1. The Kier molecular flexibility index (Phi) is 6.91. The number of benzene rings is 2. The number of carbonyl (C=O) groups excluding carboxylic acids is 1. The molecular weight excluding hydrogens is 420 g/mol. The Hall–Kier alpha value is -3.57. The lowest BCUT2D eigenvalue weighted by atomic mass is 10.00. The smallest absolute Gasteiger partial charge is 0.258 e. The molecule has 34 heavy (non-hydrogen) atoms. The average Bonchev–Trinajstić information content (AvgIpc) is 2.89. The van der Waals surface area contributed by atoms with E-state index >= 15 is 0 Å². The van der Waals surface area contributed by atoms with Gasteiger partial charge in [-0.3, -0.25) is 14.8 Å². The van der Waals surface area contributed by atoms with Crippen LogP contribution in [0.1, 0.15) is 48.0 Å². The number of amides is 1. The molecule has 0 fully saturated rings. The third kappa shape index (κ3) is 5.00. The van der Waals surface area contributed by atoms with Gasteiger partial charge in [0.1, 0.15) is 0 Å². The van der Waals surface area contributed by atoms with Crippen molar-refractivity contribution >= 4 is 22.5 Å². The highest BCUT2D eigenvalue weighted by molar-refractivity contribution is 6.06. The van der Waals surface area contributed by atoms with E-state index in [4.69, 9.17) is 0 Å². The molecule has 0 bridgehead atoms. The molecule has 4 aromatic rings. The van der Waals surface area contributed by atoms with Crippen LogP contribution >= 0.6 is 0 Å². The van der Waals surface area contributed by atoms with Gasteiger partial charge in [-0.1, -0.05) is 43.5 Å².